The van der Waals surface area contributed by atoms with Crippen molar-refractivity contribution in [1.29, 1.82) is 0 Å². The number of carbonyl (C=O) groups excluding carboxylic acids is 2. The molecule has 0 heterocycles. The molecule has 0 aliphatic heterocycles. The highest BCUT2D eigenvalue weighted by molar-refractivity contribution is 6.33. The van der Waals surface area contributed by atoms with Crippen LogP contribution in [0.4, 0.5) is 11.4 Å². The maximum Gasteiger partial charge on any atom is 0.238 e. The van der Waals surface area contributed by atoms with Crippen LogP contribution in [0.25, 0.3) is 0 Å². The monoisotopic (exact) mass is 373 g/mol. The van der Waals surface area contributed by atoms with E-state index in [-0.39, 0.29) is 24.9 Å². The van der Waals surface area contributed by atoms with Gasteiger partial charge in [0.05, 0.1) is 23.8 Å². The second-order valence-corrected chi connectivity index (χ2v) is 6.51. The highest BCUT2D eigenvalue weighted by Gasteiger charge is 2.15. The standard InChI is InChI=1S/C20H24ClN3O2/c1-3-12-24(13-19(25)22-17-10-6-4-8-15(17)2)14-20(26)23-18-11-7-5-9-16(18)21/h4-11H,3,12-14H2,1-2H3,(H,22,25)(H,23,26). The number of amides is 2. The maximum absolute atomic E-state index is 12.3. The van der Waals surface area contributed by atoms with Crippen molar-refractivity contribution < 1.29 is 9.59 Å². The van der Waals surface area contributed by atoms with E-state index in [1.807, 2.05) is 43.0 Å². The molecule has 2 amide bonds. The second-order valence-electron chi connectivity index (χ2n) is 6.10. The number of hydrogen-bond donors (Lipinski definition) is 2. The van der Waals surface area contributed by atoms with E-state index in [1.165, 1.54) is 0 Å². The lowest BCUT2D eigenvalue weighted by atomic mass is 10.2. The van der Waals surface area contributed by atoms with E-state index < -0.39 is 0 Å². The normalized spacial score (nSPS) is 10.6. The Morgan fingerprint density at radius 1 is 0.923 bits per heavy atom. The Morgan fingerprint density at radius 2 is 1.46 bits per heavy atom. The third kappa shape index (κ3) is 6.17. The number of nitrogens with zero attached hydrogens (tertiary/aromatic N) is 1. The molecule has 0 fully saturated rings. The molecule has 0 radical (unpaired) electrons. The van der Waals surface area contributed by atoms with Crippen molar-refractivity contribution in [3.8, 4) is 0 Å². The smallest absolute Gasteiger partial charge is 0.238 e. The summed E-state index contributed by atoms with van der Waals surface area (Å²) in [5, 5.41) is 6.17. The highest BCUT2D eigenvalue weighted by atomic mass is 35.5. The highest BCUT2D eigenvalue weighted by Crippen LogP contribution is 2.20. The molecule has 2 rings (SSSR count). The summed E-state index contributed by atoms with van der Waals surface area (Å²) >= 11 is 6.06. The first kappa shape index (κ1) is 19.9. The fraction of sp³-hybridized carbons (Fsp3) is 0.300. The summed E-state index contributed by atoms with van der Waals surface area (Å²) in [5.41, 5.74) is 2.36. The summed E-state index contributed by atoms with van der Waals surface area (Å²) in [6, 6.07) is 14.7. The van der Waals surface area contributed by atoms with Crippen LogP contribution in [-0.4, -0.2) is 36.3 Å². The molecule has 0 aromatic heterocycles. The van der Waals surface area contributed by atoms with Crippen LogP contribution >= 0.6 is 11.6 Å². The van der Waals surface area contributed by atoms with Crippen LogP contribution in [0.15, 0.2) is 48.5 Å². The van der Waals surface area contributed by atoms with Gasteiger partial charge in [-0.05, 0) is 43.7 Å². The number of carbonyl (C=O) groups is 2. The number of anilines is 2. The molecule has 2 aromatic rings. The third-order valence-electron chi connectivity index (χ3n) is 3.84. The van der Waals surface area contributed by atoms with Crippen LogP contribution in [-0.2, 0) is 9.59 Å². The van der Waals surface area contributed by atoms with Crippen molar-refractivity contribution in [2.75, 3.05) is 30.3 Å². The van der Waals surface area contributed by atoms with Crippen LogP contribution in [0.1, 0.15) is 18.9 Å². The summed E-state index contributed by atoms with van der Waals surface area (Å²) in [4.78, 5) is 26.5. The lowest BCUT2D eigenvalue weighted by Gasteiger charge is -2.21. The van der Waals surface area contributed by atoms with Gasteiger partial charge in [0.1, 0.15) is 0 Å². The number of aryl methyl sites for hydroxylation is 1. The molecule has 0 saturated heterocycles. The topological polar surface area (TPSA) is 61.4 Å². The van der Waals surface area contributed by atoms with Gasteiger partial charge in [-0.2, -0.15) is 0 Å². The average molecular weight is 374 g/mol. The predicted octanol–water partition coefficient (Wildman–Crippen LogP) is 3.94. The van der Waals surface area contributed by atoms with Crippen molar-refractivity contribution in [2.24, 2.45) is 0 Å². The molecule has 0 bridgehead atoms. The molecule has 0 aliphatic carbocycles. The van der Waals surface area contributed by atoms with Gasteiger partial charge in [0.2, 0.25) is 11.8 Å². The average Bonchev–Trinajstić information content (AvgIpc) is 2.59. The van der Waals surface area contributed by atoms with Crippen molar-refractivity contribution in [2.45, 2.75) is 20.3 Å². The van der Waals surface area contributed by atoms with E-state index in [0.717, 1.165) is 17.7 Å². The Bertz CT molecular complexity index is 703. The van der Waals surface area contributed by atoms with Crippen LogP contribution in [0.2, 0.25) is 5.02 Å². The number of rotatable bonds is 8. The lowest BCUT2D eigenvalue weighted by Crippen LogP contribution is -2.39. The molecule has 0 unspecified atom stereocenters. The fourth-order valence-corrected chi connectivity index (χ4v) is 2.77. The largest absolute Gasteiger partial charge is 0.325 e. The Morgan fingerprint density at radius 3 is 2.04 bits per heavy atom. The molecule has 0 atom stereocenters. The molecular formula is C20H24ClN3O2. The Hall–Kier alpha value is -2.37. The minimum absolute atomic E-state index is 0.125. The van der Waals surface area contributed by atoms with E-state index in [1.54, 1.807) is 24.3 Å². The molecular weight excluding hydrogens is 350 g/mol. The van der Waals surface area contributed by atoms with Crippen LogP contribution in [0, 0.1) is 6.92 Å². The van der Waals surface area contributed by atoms with E-state index in [9.17, 15) is 9.59 Å². The molecule has 138 valence electrons. The first-order valence-corrected chi connectivity index (χ1v) is 8.99. The number of benzene rings is 2. The van der Waals surface area contributed by atoms with E-state index >= 15 is 0 Å². The molecule has 6 heteroatoms. The molecule has 2 N–H and O–H groups in total. The van der Waals surface area contributed by atoms with Crippen LogP contribution in [0.3, 0.4) is 0 Å². The Kier molecular flexibility index (Phi) is 7.63. The van der Waals surface area contributed by atoms with Crippen LogP contribution in [0.5, 0.6) is 0 Å². The van der Waals surface area contributed by atoms with Crippen molar-refractivity contribution in [1.82, 2.24) is 4.90 Å². The first-order valence-electron chi connectivity index (χ1n) is 8.61. The van der Waals surface area contributed by atoms with E-state index in [0.29, 0.717) is 17.3 Å². The zero-order valence-electron chi connectivity index (χ0n) is 15.1. The zero-order valence-corrected chi connectivity index (χ0v) is 15.8. The lowest BCUT2D eigenvalue weighted by molar-refractivity contribution is -0.120. The predicted molar refractivity (Wildman–Crippen MR) is 107 cm³/mol. The van der Waals surface area contributed by atoms with Gasteiger partial charge in [-0.25, -0.2) is 0 Å². The zero-order chi connectivity index (χ0) is 18.9. The van der Waals surface area contributed by atoms with Crippen molar-refractivity contribution >= 4 is 34.8 Å². The number of para-hydroxylation sites is 2. The van der Waals surface area contributed by atoms with Gasteiger partial charge < -0.3 is 10.6 Å². The van der Waals surface area contributed by atoms with Crippen LogP contribution < -0.4 is 10.6 Å². The molecule has 0 saturated carbocycles. The maximum atomic E-state index is 12.3. The summed E-state index contributed by atoms with van der Waals surface area (Å²) in [7, 11) is 0. The van der Waals surface area contributed by atoms with Gasteiger partial charge in [0, 0.05) is 5.69 Å². The minimum Gasteiger partial charge on any atom is -0.325 e. The summed E-state index contributed by atoms with van der Waals surface area (Å²) in [6.07, 6.45) is 0.844. The number of halogens is 1. The number of hydrogen-bond acceptors (Lipinski definition) is 3. The van der Waals surface area contributed by atoms with E-state index in [2.05, 4.69) is 10.6 Å². The molecule has 2 aromatic carbocycles. The molecule has 0 aliphatic rings. The number of nitrogens with one attached hydrogen (secondary N) is 2. The van der Waals surface area contributed by atoms with Gasteiger partial charge in [0.15, 0.2) is 0 Å². The van der Waals surface area contributed by atoms with Gasteiger partial charge in [-0.3, -0.25) is 14.5 Å². The first-order chi connectivity index (χ1) is 12.5. The Balaban J connectivity index is 1.93. The minimum atomic E-state index is -0.199. The fourth-order valence-electron chi connectivity index (χ4n) is 2.59. The SMILES string of the molecule is CCCN(CC(=O)Nc1ccccc1C)CC(=O)Nc1ccccc1Cl. The summed E-state index contributed by atoms with van der Waals surface area (Å²) in [6.45, 7) is 4.88. The van der Waals surface area contributed by atoms with Gasteiger partial charge in [0.25, 0.3) is 0 Å². The van der Waals surface area contributed by atoms with Gasteiger partial charge in [-0.1, -0.05) is 48.9 Å². The Labute approximate surface area is 159 Å². The quantitative estimate of drug-likeness (QED) is 0.736. The van der Waals surface area contributed by atoms with Crippen molar-refractivity contribution in [3.05, 3.63) is 59.1 Å². The van der Waals surface area contributed by atoms with Crippen molar-refractivity contribution in [3.63, 3.8) is 0 Å². The van der Waals surface area contributed by atoms with Gasteiger partial charge in [-0.15, -0.1) is 0 Å². The molecule has 0 spiro atoms. The summed E-state index contributed by atoms with van der Waals surface area (Å²) in [5.74, 6) is -0.339. The summed E-state index contributed by atoms with van der Waals surface area (Å²) < 4.78 is 0. The van der Waals surface area contributed by atoms with Gasteiger partial charge >= 0.3 is 0 Å². The van der Waals surface area contributed by atoms with E-state index in [4.69, 9.17) is 11.6 Å². The second kappa shape index (κ2) is 9.94. The molecule has 5 nitrogen and oxygen atoms in total. The molecule has 26 heavy (non-hydrogen) atoms. The third-order valence-corrected chi connectivity index (χ3v) is 4.17.